The summed E-state index contributed by atoms with van der Waals surface area (Å²) >= 11 is 3.49. The number of amides is 3. The van der Waals surface area contributed by atoms with Crippen molar-refractivity contribution in [3.63, 3.8) is 0 Å². The highest BCUT2D eigenvalue weighted by atomic mass is 32.2. The van der Waals surface area contributed by atoms with Crippen LogP contribution in [0.25, 0.3) is 5.65 Å². The second-order valence-electron chi connectivity index (χ2n) is 10.3. The second kappa shape index (κ2) is 12.6. The molecule has 2 aliphatic rings. The number of hydrogen-bond donors (Lipinski definition) is 6. The van der Waals surface area contributed by atoms with E-state index < -0.39 is 46.7 Å². The lowest BCUT2D eigenvalue weighted by molar-refractivity contribution is -0.150. The molecular weight excluding hydrogens is 665 g/mol. The molecule has 1 unspecified atom stereocenters. The van der Waals surface area contributed by atoms with Gasteiger partial charge in [-0.1, -0.05) is 5.16 Å². The van der Waals surface area contributed by atoms with Crippen molar-refractivity contribution >= 4 is 81.0 Å². The number of nitrogen functional groups attached to an aromatic ring is 1. The normalized spacial score (nSPS) is 18.2. The number of carboxylic acid groups (broad SMARTS) is 2. The number of carbonyl (C=O) groups is 5. The van der Waals surface area contributed by atoms with E-state index in [1.54, 1.807) is 13.0 Å². The van der Waals surface area contributed by atoms with Gasteiger partial charge in [-0.3, -0.25) is 24.7 Å². The molecule has 0 spiro atoms. The fourth-order valence-corrected chi connectivity index (χ4v) is 7.54. The molecule has 5 heterocycles. The van der Waals surface area contributed by atoms with Crippen LogP contribution in [0.15, 0.2) is 39.1 Å². The number of anilines is 1. The van der Waals surface area contributed by atoms with Crippen molar-refractivity contribution in [3.8, 4) is 0 Å². The molecule has 5 rings (SSSR count). The van der Waals surface area contributed by atoms with Crippen LogP contribution < -0.4 is 22.3 Å². The molecule has 3 aromatic heterocycles. The van der Waals surface area contributed by atoms with Gasteiger partial charge in [-0.05, 0) is 32.4 Å². The lowest BCUT2D eigenvalue weighted by Crippen LogP contribution is -2.71. The summed E-state index contributed by atoms with van der Waals surface area (Å²) in [6.07, 6.45) is 1.19. The van der Waals surface area contributed by atoms with Crippen molar-refractivity contribution in [2.75, 3.05) is 17.2 Å². The zero-order valence-electron chi connectivity index (χ0n) is 24.2. The Bertz CT molecular complexity index is 1850. The number of thioether (sulfide) groups is 2. The molecule has 0 aliphatic carbocycles. The lowest BCUT2D eigenvalue weighted by Gasteiger charge is -2.49. The van der Waals surface area contributed by atoms with Crippen LogP contribution in [0.3, 0.4) is 0 Å². The molecule has 46 heavy (non-hydrogen) atoms. The van der Waals surface area contributed by atoms with Gasteiger partial charge in [0.15, 0.2) is 16.5 Å². The Morgan fingerprint density at radius 2 is 1.98 bits per heavy atom. The number of aliphatic carboxylic acids is 1. The van der Waals surface area contributed by atoms with E-state index in [9.17, 15) is 34.2 Å². The average molecular weight is 691 g/mol. The predicted octanol–water partition coefficient (Wildman–Crippen LogP) is -0.205. The third-order valence-corrected chi connectivity index (χ3v) is 9.84. The van der Waals surface area contributed by atoms with Crippen molar-refractivity contribution in [2.45, 2.75) is 42.8 Å². The fourth-order valence-electron chi connectivity index (χ4n) is 4.44. The number of hydrazine groups is 1. The van der Waals surface area contributed by atoms with Crippen LogP contribution in [0.2, 0.25) is 0 Å². The molecule has 0 bridgehead atoms. The van der Waals surface area contributed by atoms with Crippen LogP contribution in [-0.2, 0) is 24.0 Å². The lowest BCUT2D eigenvalue weighted by atomic mass is 10.0. The number of nitrogens with two attached hydrogens (primary N) is 2. The molecule has 3 amide bonds. The Kier molecular flexibility index (Phi) is 8.93. The summed E-state index contributed by atoms with van der Waals surface area (Å²) in [5, 5.41) is 31.4. The van der Waals surface area contributed by atoms with Gasteiger partial charge in [0.1, 0.15) is 33.4 Å². The van der Waals surface area contributed by atoms with Crippen LogP contribution in [0.1, 0.15) is 35.6 Å². The molecule has 2 atom stereocenters. The molecule has 1 saturated heterocycles. The minimum atomic E-state index is -1.57. The van der Waals surface area contributed by atoms with Crippen LogP contribution in [0, 0.1) is 6.92 Å². The number of carbonyl (C=O) groups excluding carboxylic acids is 3. The van der Waals surface area contributed by atoms with Gasteiger partial charge in [-0.2, -0.15) is 5.10 Å². The quantitative estimate of drug-likeness (QED) is 0.0289. The number of nitrogens with one attached hydrogen (secondary N) is 2. The first-order chi connectivity index (χ1) is 21.7. The number of rotatable bonds is 11. The highest BCUT2D eigenvalue weighted by Gasteiger charge is 2.54. The summed E-state index contributed by atoms with van der Waals surface area (Å²) < 4.78 is 1.36. The van der Waals surface area contributed by atoms with Gasteiger partial charge in [0.25, 0.3) is 17.7 Å². The molecule has 21 heteroatoms. The first-order valence-corrected chi connectivity index (χ1v) is 16.1. The smallest absolute Gasteiger partial charge is 0.352 e. The van der Waals surface area contributed by atoms with Gasteiger partial charge >= 0.3 is 11.9 Å². The van der Waals surface area contributed by atoms with Gasteiger partial charge in [0.05, 0.1) is 6.20 Å². The van der Waals surface area contributed by atoms with Crippen molar-refractivity contribution in [1.29, 1.82) is 0 Å². The molecule has 2 aliphatic heterocycles. The second-order valence-corrected chi connectivity index (χ2v) is 13.3. The van der Waals surface area contributed by atoms with E-state index in [4.69, 9.17) is 16.4 Å². The van der Waals surface area contributed by atoms with Gasteiger partial charge < -0.3 is 26.1 Å². The van der Waals surface area contributed by atoms with Crippen molar-refractivity contribution in [2.24, 2.45) is 11.0 Å². The number of hydrogen-bond acceptors (Lipinski definition) is 15. The number of oxime groups is 1. The van der Waals surface area contributed by atoms with E-state index in [2.05, 4.69) is 25.5 Å². The minimum absolute atomic E-state index is 0.0300. The average Bonchev–Trinajstić information content (AvgIpc) is 3.63. The molecule has 8 N–H and O–H groups in total. The molecule has 3 aromatic rings. The highest BCUT2D eigenvalue weighted by Crippen LogP contribution is 2.41. The summed E-state index contributed by atoms with van der Waals surface area (Å²) in [6, 6.07) is 0.585. The zero-order chi connectivity index (χ0) is 33.5. The number of aryl methyl sites for hydroxylation is 1. The fraction of sp³-hybridized carbons (Fsp3) is 0.320. The topological polar surface area (TPSA) is 270 Å². The van der Waals surface area contributed by atoms with Gasteiger partial charge in [0, 0.05) is 22.6 Å². The standard InChI is InChI=1S/C25H26N10O8S3/c1-9-4-13(35-17(29-9)11(5-28-35)21(38)39)44-6-10-7-45-20-15(19(37)34(20)16(10)22(40)41)31-18(36)14(12-8-46-24(26)30-12)33-43-25(2,3)23(42)32-27/h4-5,8,15,20H,6-7,27H2,1-3H3,(H2,26,30)(H,31,36)(H,32,42)(H,38,39)(H,40,41)/b33-14-/t15?,20-/m1/s1. The Morgan fingerprint density at radius 3 is 2.61 bits per heavy atom. The van der Waals surface area contributed by atoms with E-state index >= 15 is 0 Å². The van der Waals surface area contributed by atoms with Crippen LogP contribution in [0.5, 0.6) is 0 Å². The molecule has 0 radical (unpaired) electrons. The first-order valence-electron chi connectivity index (χ1n) is 13.1. The summed E-state index contributed by atoms with van der Waals surface area (Å²) in [7, 11) is 0. The number of β-lactam (4-membered cyclic amide) rings is 1. The van der Waals surface area contributed by atoms with Gasteiger partial charge in [-0.25, -0.2) is 29.9 Å². The molecule has 1 fully saturated rings. The molecule has 242 valence electrons. The number of nitrogens with zero attached hydrogens (tertiary/aromatic N) is 6. The predicted molar refractivity (Wildman–Crippen MR) is 166 cm³/mol. The van der Waals surface area contributed by atoms with E-state index in [1.165, 1.54) is 53.5 Å². The van der Waals surface area contributed by atoms with Crippen LogP contribution in [-0.4, -0.2) is 98.6 Å². The monoisotopic (exact) mass is 690 g/mol. The Labute approximate surface area is 271 Å². The van der Waals surface area contributed by atoms with Gasteiger partial charge in [-0.15, -0.1) is 34.9 Å². The molecule has 18 nitrogen and oxygen atoms in total. The summed E-state index contributed by atoms with van der Waals surface area (Å²) in [6.45, 7) is 4.43. The number of aromatic carboxylic acids is 1. The summed E-state index contributed by atoms with van der Waals surface area (Å²) in [5.41, 5.74) is 6.60. The Morgan fingerprint density at radius 1 is 1.24 bits per heavy atom. The zero-order valence-corrected chi connectivity index (χ0v) is 26.7. The van der Waals surface area contributed by atoms with E-state index in [-0.39, 0.29) is 45.0 Å². The number of carboxylic acids is 2. The molecule has 0 aromatic carbocycles. The van der Waals surface area contributed by atoms with Crippen molar-refractivity contribution < 1.29 is 39.0 Å². The third kappa shape index (κ3) is 6.08. The molecule has 0 saturated carbocycles. The Balaban J connectivity index is 1.35. The maximum absolute atomic E-state index is 13.4. The van der Waals surface area contributed by atoms with E-state index in [1.807, 2.05) is 5.43 Å². The number of aromatic nitrogens is 4. The summed E-state index contributed by atoms with van der Waals surface area (Å²) in [5.74, 6) is 0.793. The van der Waals surface area contributed by atoms with Gasteiger partial charge in [0.2, 0.25) is 5.60 Å². The van der Waals surface area contributed by atoms with Crippen LogP contribution >= 0.6 is 34.9 Å². The van der Waals surface area contributed by atoms with Crippen molar-refractivity contribution in [1.82, 2.24) is 35.2 Å². The SMILES string of the molecule is Cc1cc(SCC2=C(C(=O)O)N3C(=O)C(NC(=O)/C(=N\OC(C)(C)C(=O)NN)c4csc(N)n4)[C@H]3SC2)n2ncc(C(=O)O)c2n1. The Hall–Kier alpha value is -4.73. The first kappa shape index (κ1) is 32.7. The maximum Gasteiger partial charge on any atom is 0.352 e. The van der Waals surface area contributed by atoms with Crippen LogP contribution in [0.4, 0.5) is 5.13 Å². The van der Waals surface area contributed by atoms with E-state index in [0.29, 0.717) is 16.3 Å². The maximum atomic E-state index is 13.4. The molecular formula is C25H26N10O8S3. The largest absolute Gasteiger partial charge is 0.477 e. The highest BCUT2D eigenvalue weighted by molar-refractivity contribution is 8.01. The van der Waals surface area contributed by atoms with Crippen molar-refractivity contribution in [3.05, 3.63) is 45.9 Å². The number of fused-ring (bicyclic) bond motifs is 2. The number of thiazole rings is 1. The third-order valence-electron chi connectivity index (χ3n) is 6.75. The van der Waals surface area contributed by atoms with E-state index in [0.717, 1.165) is 16.2 Å². The minimum Gasteiger partial charge on any atom is -0.477 e. The summed E-state index contributed by atoms with van der Waals surface area (Å²) in [4.78, 5) is 77.4.